The molecule has 0 N–H and O–H groups in total. The number of nitrogens with zero attached hydrogens (tertiary/aromatic N) is 3. The van der Waals surface area contributed by atoms with Gasteiger partial charge in [0.05, 0.1) is 5.02 Å². The van der Waals surface area contributed by atoms with Crippen LogP contribution in [0.15, 0.2) is 36.8 Å². The summed E-state index contributed by atoms with van der Waals surface area (Å²) < 4.78 is 1.73. The molecule has 1 aromatic heterocycles. The molecular formula is C15H15Cl2N3O. The van der Waals surface area contributed by atoms with E-state index in [4.69, 9.17) is 23.2 Å². The molecule has 0 atom stereocenters. The van der Waals surface area contributed by atoms with Gasteiger partial charge in [-0.05, 0) is 25.1 Å². The van der Waals surface area contributed by atoms with E-state index in [1.54, 1.807) is 46.3 Å². The van der Waals surface area contributed by atoms with Gasteiger partial charge < -0.3 is 4.90 Å². The molecule has 1 aromatic carbocycles. The molecular weight excluding hydrogens is 309 g/mol. The zero-order chi connectivity index (χ0) is 15.6. The van der Waals surface area contributed by atoms with Gasteiger partial charge in [-0.15, -0.1) is 0 Å². The van der Waals surface area contributed by atoms with Crippen molar-refractivity contribution in [3.63, 3.8) is 0 Å². The molecule has 0 unspecified atom stereocenters. The largest absolute Gasteiger partial charge is 0.382 e. The molecule has 0 aliphatic rings. The standard InChI is InChI=1S/C15H15Cl2N3O/c1-10-18-6-7-20(10)14(9-19(2)3)15(21)12-5-4-11(16)8-13(12)17/h4-9H,1-3H3/b14-9-. The van der Waals surface area contributed by atoms with Gasteiger partial charge in [0.2, 0.25) is 5.78 Å². The summed E-state index contributed by atoms with van der Waals surface area (Å²) in [6.45, 7) is 1.83. The Labute approximate surface area is 133 Å². The van der Waals surface area contributed by atoms with Gasteiger partial charge in [0.15, 0.2) is 0 Å². The minimum absolute atomic E-state index is 0.188. The summed E-state index contributed by atoms with van der Waals surface area (Å²) in [5.74, 6) is 0.535. The van der Waals surface area contributed by atoms with Gasteiger partial charge in [-0.3, -0.25) is 9.36 Å². The summed E-state index contributed by atoms with van der Waals surface area (Å²) in [6.07, 6.45) is 5.13. The van der Waals surface area contributed by atoms with Crippen LogP contribution in [-0.2, 0) is 0 Å². The second-order valence-corrected chi connectivity index (χ2v) is 5.62. The third-order valence-electron chi connectivity index (χ3n) is 2.87. The number of carbonyl (C=O) groups is 1. The number of halogens is 2. The number of benzene rings is 1. The fourth-order valence-electron chi connectivity index (χ4n) is 1.92. The third kappa shape index (κ3) is 3.46. The summed E-state index contributed by atoms with van der Waals surface area (Å²) >= 11 is 12.0. The molecule has 0 aliphatic heterocycles. The topological polar surface area (TPSA) is 38.1 Å². The Hall–Kier alpha value is -1.78. The van der Waals surface area contributed by atoms with Crippen LogP contribution in [0.25, 0.3) is 5.70 Å². The summed E-state index contributed by atoms with van der Waals surface area (Å²) in [7, 11) is 3.70. The molecule has 0 aliphatic carbocycles. The molecule has 21 heavy (non-hydrogen) atoms. The van der Waals surface area contributed by atoms with Gasteiger partial charge in [-0.2, -0.15) is 0 Å². The molecule has 2 aromatic rings. The molecule has 0 spiro atoms. The van der Waals surface area contributed by atoms with E-state index in [1.165, 1.54) is 0 Å². The maximum Gasteiger partial charge on any atom is 0.212 e. The van der Waals surface area contributed by atoms with Crippen LogP contribution < -0.4 is 0 Å². The molecule has 0 saturated heterocycles. The van der Waals surface area contributed by atoms with Crippen molar-refractivity contribution in [1.82, 2.24) is 14.5 Å². The predicted octanol–water partition coefficient (Wildman–Crippen LogP) is 3.74. The molecule has 6 heteroatoms. The maximum atomic E-state index is 12.8. The fourth-order valence-corrected chi connectivity index (χ4v) is 2.41. The van der Waals surface area contributed by atoms with Crippen LogP contribution in [0.5, 0.6) is 0 Å². The molecule has 0 bridgehead atoms. The van der Waals surface area contributed by atoms with E-state index in [0.717, 1.165) is 5.82 Å². The van der Waals surface area contributed by atoms with Crippen LogP contribution in [0, 0.1) is 6.92 Å². The van der Waals surface area contributed by atoms with Gasteiger partial charge in [0.25, 0.3) is 0 Å². The lowest BCUT2D eigenvalue weighted by molar-refractivity contribution is 0.105. The van der Waals surface area contributed by atoms with Crippen molar-refractivity contribution in [1.29, 1.82) is 0 Å². The van der Waals surface area contributed by atoms with Crippen molar-refractivity contribution < 1.29 is 4.79 Å². The fraction of sp³-hybridized carbons (Fsp3) is 0.200. The lowest BCUT2D eigenvalue weighted by Crippen LogP contribution is -2.15. The normalized spacial score (nSPS) is 11.6. The summed E-state index contributed by atoms with van der Waals surface area (Å²) in [5, 5.41) is 0.823. The van der Waals surface area contributed by atoms with Gasteiger partial charge in [-0.25, -0.2) is 4.98 Å². The van der Waals surface area contributed by atoms with Crippen molar-refractivity contribution in [2.24, 2.45) is 0 Å². The predicted molar refractivity (Wildman–Crippen MR) is 85.7 cm³/mol. The number of hydrogen-bond acceptors (Lipinski definition) is 3. The number of ketones is 1. The molecule has 1 heterocycles. The van der Waals surface area contributed by atoms with Crippen molar-refractivity contribution in [2.45, 2.75) is 6.92 Å². The molecule has 2 rings (SSSR count). The highest BCUT2D eigenvalue weighted by Crippen LogP contribution is 2.25. The Morgan fingerprint density at radius 2 is 2.05 bits per heavy atom. The SMILES string of the molecule is Cc1nccn1/C(=C\N(C)C)C(=O)c1ccc(Cl)cc1Cl. The smallest absolute Gasteiger partial charge is 0.212 e. The highest BCUT2D eigenvalue weighted by atomic mass is 35.5. The van der Waals surface area contributed by atoms with Crippen LogP contribution >= 0.6 is 23.2 Å². The average Bonchev–Trinajstić information content (AvgIpc) is 2.81. The molecule has 0 amide bonds. The van der Waals surface area contributed by atoms with Crippen LogP contribution in [0.1, 0.15) is 16.2 Å². The van der Waals surface area contributed by atoms with E-state index in [2.05, 4.69) is 4.98 Å². The monoisotopic (exact) mass is 323 g/mol. The summed E-state index contributed by atoms with van der Waals surface area (Å²) in [5.41, 5.74) is 0.876. The summed E-state index contributed by atoms with van der Waals surface area (Å²) in [6, 6.07) is 4.84. The Kier molecular flexibility index (Phi) is 4.70. The maximum absolute atomic E-state index is 12.8. The van der Waals surface area contributed by atoms with Crippen LogP contribution in [0.2, 0.25) is 10.0 Å². The minimum Gasteiger partial charge on any atom is -0.382 e. The van der Waals surface area contributed by atoms with Crippen molar-refractivity contribution >= 4 is 34.7 Å². The number of carbonyl (C=O) groups excluding carboxylic acids is 1. The molecule has 110 valence electrons. The number of aryl methyl sites for hydroxylation is 1. The zero-order valence-electron chi connectivity index (χ0n) is 12.0. The Balaban J connectivity index is 2.52. The van der Waals surface area contributed by atoms with Crippen molar-refractivity contribution in [3.8, 4) is 0 Å². The third-order valence-corrected chi connectivity index (χ3v) is 3.42. The summed E-state index contributed by atoms with van der Waals surface area (Å²) in [4.78, 5) is 18.7. The first-order chi connectivity index (χ1) is 9.90. The van der Waals surface area contributed by atoms with E-state index in [0.29, 0.717) is 21.3 Å². The van der Waals surface area contributed by atoms with E-state index in [9.17, 15) is 4.79 Å². The van der Waals surface area contributed by atoms with Gasteiger partial charge in [0, 0.05) is 43.3 Å². The van der Waals surface area contributed by atoms with Gasteiger partial charge in [-0.1, -0.05) is 23.2 Å². The van der Waals surface area contributed by atoms with Gasteiger partial charge >= 0.3 is 0 Å². The number of Topliss-reactive ketones (excluding diaryl/α,β-unsaturated/α-hetero) is 1. The second-order valence-electron chi connectivity index (χ2n) is 4.78. The Bertz CT molecular complexity index is 705. The average molecular weight is 324 g/mol. The minimum atomic E-state index is -0.188. The highest BCUT2D eigenvalue weighted by molar-refractivity contribution is 6.39. The number of imidazole rings is 1. The lowest BCUT2D eigenvalue weighted by atomic mass is 10.1. The molecule has 4 nitrogen and oxygen atoms in total. The first kappa shape index (κ1) is 15.6. The van der Waals surface area contributed by atoms with Gasteiger partial charge in [0.1, 0.15) is 11.5 Å². The lowest BCUT2D eigenvalue weighted by Gasteiger charge is -2.14. The van der Waals surface area contributed by atoms with Crippen molar-refractivity contribution in [3.05, 3.63) is 58.2 Å². The zero-order valence-corrected chi connectivity index (χ0v) is 13.5. The molecule has 0 fully saturated rings. The number of rotatable bonds is 4. The number of aromatic nitrogens is 2. The van der Waals surface area contributed by atoms with E-state index in [1.807, 2.05) is 21.0 Å². The Morgan fingerprint density at radius 3 is 2.57 bits per heavy atom. The molecule has 0 saturated carbocycles. The number of allylic oxidation sites excluding steroid dienone is 1. The Morgan fingerprint density at radius 1 is 1.33 bits per heavy atom. The molecule has 0 radical (unpaired) electrons. The van der Waals surface area contributed by atoms with Crippen LogP contribution in [0.4, 0.5) is 0 Å². The van der Waals surface area contributed by atoms with E-state index in [-0.39, 0.29) is 5.78 Å². The van der Waals surface area contributed by atoms with Crippen LogP contribution in [0.3, 0.4) is 0 Å². The first-order valence-corrected chi connectivity index (χ1v) is 7.04. The van der Waals surface area contributed by atoms with Crippen molar-refractivity contribution in [2.75, 3.05) is 14.1 Å². The second kappa shape index (κ2) is 6.33. The van der Waals surface area contributed by atoms with Crippen LogP contribution in [-0.4, -0.2) is 34.3 Å². The van der Waals surface area contributed by atoms with E-state index >= 15 is 0 Å². The highest BCUT2D eigenvalue weighted by Gasteiger charge is 2.19. The first-order valence-electron chi connectivity index (χ1n) is 6.28. The van der Waals surface area contributed by atoms with E-state index < -0.39 is 0 Å². The quantitative estimate of drug-likeness (QED) is 0.635. The number of hydrogen-bond donors (Lipinski definition) is 0.